The van der Waals surface area contributed by atoms with Crippen LogP contribution in [0.25, 0.3) is 0 Å². The molecule has 0 fully saturated rings. The van der Waals surface area contributed by atoms with Crippen LogP contribution >= 0.6 is 11.6 Å². The van der Waals surface area contributed by atoms with Crippen molar-refractivity contribution in [3.8, 4) is 6.07 Å². The fourth-order valence-corrected chi connectivity index (χ4v) is 1.66. The Labute approximate surface area is 84.0 Å². The summed E-state index contributed by atoms with van der Waals surface area (Å²) in [6.07, 6.45) is 0. The number of hydrogen-bond acceptors (Lipinski definition) is 1. The summed E-state index contributed by atoms with van der Waals surface area (Å²) in [4.78, 5) is 0. The van der Waals surface area contributed by atoms with Crippen LogP contribution in [0.15, 0.2) is 18.2 Å². The molecule has 0 N–H and O–H groups in total. The van der Waals surface area contributed by atoms with E-state index in [9.17, 15) is 0 Å². The van der Waals surface area contributed by atoms with Crippen molar-refractivity contribution in [2.45, 2.75) is 26.2 Å². The van der Waals surface area contributed by atoms with Crippen LogP contribution < -0.4 is 0 Å². The Morgan fingerprint density at radius 1 is 1.31 bits per heavy atom. The average molecular weight is 194 g/mol. The number of benzene rings is 1. The van der Waals surface area contributed by atoms with Crippen LogP contribution in [0.5, 0.6) is 0 Å². The first-order valence-corrected chi connectivity index (χ1v) is 4.53. The summed E-state index contributed by atoms with van der Waals surface area (Å²) < 4.78 is 0. The standard InChI is InChI=1S/C11H12ClN/c1-11(2,3)9-5-4-8(7-13)6-10(9)12/h4-6H,1-3H3. The summed E-state index contributed by atoms with van der Waals surface area (Å²) >= 11 is 6.04. The maximum absolute atomic E-state index is 8.65. The predicted molar refractivity (Wildman–Crippen MR) is 54.9 cm³/mol. The Bertz CT molecular complexity index is 355. The Morgan fingerprint density at radius 3 is 2.31 bits per heavy atom. The van der Waals surface area contributed by atoms with E-state index in [1.165, 1.54) is 0 Å². The molecule has 2 heteroatoms. The van der Waals surface area contributed by atoms with Crippen molar-refractivity contribution in [2.24, 2.45) is 0 Å². The second-order valence-corrected chi connectivity index (χ2v) is 4.46. The summed E-state index contributed by atoms with van der Waals surface area (Å²) in [5, 5.41) is 9.32. The molecule has 1 rings (SSSR count). The lowest BCUT2D eigenvalue weighted by atomic mass is 9.86. The number of halogens is 1. The van der Waals surface area contributed by atoms with E-state index < -0.39 is 0 Å². The van der Waals surface area contributed by atoms with E-state index in [0.717, 1.165) is 5.56 Å². The molecule has 0 heterocycles. The second kappa shape index (κ2) is 3.40. The van der Waals surface area contributed by atoms with Gasteiger partial charge in [0, 0.05) is 5.02 Å². The zero-order valence-electron chi connectivity index (χ0n) is 8.06. The lowest BCUT2D eigenvalue weighted by Gasteiger charge is -2.20. The first-order chi connectivity index (χ1) is 5.95. The van der Waals surface area contributed by atoms with E-state index in [4.69, 9.17) is 16.9 Å². The molecule has 0 amide bonds. The summed E-state index contributed by atoms with van der Waals surface area (Å²) in [7, 11) is 0. The SMILES string of the molecule is CC(C)(C)c1ccc(C#N)cc1Cl. The highest BCUT2D eigenvalue weighted by Gasteiger charge is 2.16. The van der Waals surface area contributed by atoms with E-state index in [1.807, 2.05) is 6.07 Å². The van der Waals surface area contributed by atoms with Crippen LogP contribution in [-0.4, -0.2) is 0 Å². The summed E-state index contributed by atoms with van der Waals surface area (Å²) in [6, 6.07) is 7.49. The monoisotopic (exact) mass is 193 g/mol. The fourth-order valence-electron chi connectivity index (χ4n) is 1.19. The van der Waals surface area contributed by atoms with Crippen LogP contribution in [-0.2, 0) is 5.41 Å². The van der Waals surface area contributed by atoms with Gasteiger partial charge in [-0.3, -0.25) is 0 Å². The van der Waals surface area contributed by atoms with E-state index in [2.05, 4.69) is 26.8 Å². The third kappa shape index (κ3) is 2.23. The first-order valence-electron chi connectivity index (χ1n) is 4.15. The molecule has 0 aromatic heterocycles. The number of rotatable bonds is 0. The Hall–Kier alpha value is -1.00. The highest BCUT2D eigenvalue weighted by atomic mass is 35.5. The Balaban J connectivity index is 3.23. The van der Waals surface area contributed by atoms with Crippen LogP contribution in [0.4, 0.5) is 0 Å². The van der Waals surface area contributed by atoms with Gasteiger partial charge in [-0.15, -0.1) is 0 Å². The summed E-state index contributed by atoms with van der Waals surface area (Å²) in [5.41, 5.74) is 1.72. The van der Waals surface area contributed by atoms with E-state index >= 15 is 0 Å². The van der Waals surface area contributed by atoms with Crippen LogP contribution in [0.1, 0.15) is 31.9 Å². The maximum Gasteiger partial charge on any atom is 0.0992 e. The molecular formula is C11H12ClN. The molecule has 0 saturated carbocycles. The second-order valence-electron chi connectivity index (χ2n) is 4.06. The van der Waals surface area contributed by atoms with E-state index in [0.29, 0.717) is 10.6 Å². The van der Waals surface area contributed by atoms with E-state index in [-0.39, 0.29) is 5.41 Å². The fraction of sp³-hybridized carbons (Fsp3) is 0.364. The minimum absolute atomic E-state index is 0.0328. The zero-order valence-corrected chi connectivity index (χ0v) is 8.81. The van der Waals surface area contributed by atoms with Crippen LogP contribution in [0.2, 0.25) is 5.02 Å². The molecule has 0 radical (unpaired) electrons. The Morgan fingerprint density at radius 2 is 1.92 bits per heavy atom. The van der Waals surface area contributed by atoms with Crippen molar-refractivity contribution in [1.82, 2.24) is 0 Å². The molecule has 68 valence electrons. The van der Waals surface area contributed by atoms with Gasteiger partial charge in [-0.25, -0.2) is 0 Å². The third-order valence-electron chi connectivity index (χ3n) is 1.91. The molecule has 1 aromatic rings. The minimum atomic E-state index is 0.0328. The molecule has 0 aliphatic rings. The smallest absolute Gasteiger partial charge is 0.0992 e. The molecule has 1 nitrogen and oxygen atoms in total. The molecule has 13 heavy (non-hydrogen) atoms. The molecule has 0 aliphatic heterocycles. The van der Waals surface area contributed by atoms with Crippen LogP contribution in [0, 0.1) is 11.3 Å². The van der Waals surface area contributed by atoms with Crippen LogP contribution in [0.3, 0.4) is 0 Å². The van der Waals surface area contributed by atoms with Gasteiger partial charge in [-0.1, -0.05) is 38.4 Å². The highest BCUT2D eigenvalue weighted by Crippen LogP contribution is 2.29. The lowest BCUT2D eigenvalue weighted by molar-refractivity contribution is 0.590. The molecule has 0 atom stereocenters. The van der Waals surface area contributed by atoms with Gasteiger partial charge in [0.15, 0.2) is 0 Å². The normalized spacial score (nSPS) is 11.0. The van der Waals surface area contributed by atoms with Gasteiger partial charge in [-0.2, -0.15) is 5.26 Å². The van der Waals surface area contributed by atoms with Crippen molar-refractivity contribution in [1.29, 1.82) is 5.26 Å². The van der Waals surface area contributed by atoms with Gasteiger partial charge in [0.25, 0.3) is 0 Å². The van der Waals surface area contributed by atoms with Crippen molar-refractivity contribution >= 4 is 11.6 Å². The number of hydrogen-bond donors (Lipinski definition) is 0. The lowest BCUT2D eigenvalue weighted by Crippen LogP contribution is -2.11. The first kappa shape index (κ1) is 10.1. The number of nitriles is 1. The highest BCUT2D eigenvalue weighted by molar-refractivity contribution is 6.31. The Kier molecular flexibility index (Phi) is 2.63. The van der Waals surface area contributed by atoms with Gasteiger partial charge in [-0.05, 0) is 23.1 Å². The molecule has 0 saturated heterocycles. The average Bonchev–Trinajstić information content (AvgIpc) is 2.01. The summed E-state index contributed by atoms with van der Waals surface area (Å²) in [6.45, 7) is 6.29. The van der Waals surface area contributed by atoms with E-state index in [1.54, 1.807) is 12.1 Å². The summed E-state index contributed by atoms with van der Waals surface area (Å²) in [5.74, 6) is 0. The number of nitrogens with zero attached hydrogens (tertiary/aromatic N) is 1. The molecule has 0 spiro atoms. The predicted octanol–water partition coefficient (Wildman–Crippen LogP) is 3.51. The maximum atomic E-state index is 8.65. The van der Waals surface area contributed by atoms with Gasteiger partial charge in [0.05, 0.1) is 11.6 Å². The quantitative estimate of drug-likeness (QED) is 0.619. The molecule has 1 aromatic carbocycles. The molecular weight excluding hydrogens is 182 g/mol. The van der Waals surface area contributed by atoms with Crippen molar-refractivity contribution in [2.75, 3.05) is 0 Å². The molecule has 0 unspecified atom stereocenters. The molecule has 0 bridgehead atoms. The minimum Gasteiger partial charge on any atom is -0.192 e. The largest absolute Gasteiger partial charge is 0.192 e. The van der Waals surface area contributed by atoms with Gasteiger partial charge >= 0.3 is 0 Å². The van der Waals surface area contributed by atoms with Crippen molar-refractivity contribution in [3.63, 3.8) is 0 Å². The third-order valence-corrected chi connectivity index (χ3v) is 2.22. The topological polar surface area (TPSA) is 23.8 Å². The van der Waals surface area contributed by atoms with Crippen molar-refractivity contribution < 1.29 is 0 Å². The van der Waals surface area contributed by atoms with Gasteiger partial charge in [0.2, 0.25) is 0 Å². The zero-order chi connectivity index (χ0) is 10.1. The van der Waals surface area contributed by atoms with Crippen molar-refractivity contribution in [3.05, 3.63) is 34.3 Å². The molecule has 0 aliphatic carbocycles. The van der Waals surface area contributed by atoms with Gasteiger partial charge < -0.3 is 0 Å². The van der Waals surface area contributed by atoms with Gasteiger partial charge in [0.1, 0.15) is 0 Å².